The fourth-order valence-corrected chi connectivity index (χ4v) is 1.99. The number of nitro groups is 1. The van der Waals surface area contributed by atoms with E-state index in [0.29, 0.717) is 30.7 Å². The molecule has 0 radical (unpaired) electrons. The first-order chi connectivity index (χ1) is 9.54. The van der Waals surface area contributed by atoms with E-state index in [-0.39, 0.29) is 11.7 Å². The zero-order valence-electron chi connectivity index (χ0n) is 12.0. The lowest BCUT2D eigenvalue weighted by Gasteiger charge is -2.30. The fraction of sp³-hybridized carbons (Fsp3) is 0.500. The van der Waals surface area contributed by atoms with Crippen LogP contribution in [-0.4, -0.2) is 37.5 Å². The van der Waals surface area contributed by atoms with Crippen LogP contribution < -0.4 is 4.90 Å². The third kappa shape index (κ3) is 3.77. The van der Waals surface area contributed by atoms with Crippen molar-refractivity contribution in [2.75, 3.05) is 25.2 Å². The molecule has 0 heterocycles. The average molecular weight is 280 g/mol. The Balaban J connectivity index is 3.23. The zero-order chi connectivity index (χ0) is 15.1. The predicted molar refractivity (Wildman–Crippen MR) is 77.5 cm³/mol. The summed E-state index contributed by atoms with van der Waals surface area (Å²) in [5.41, 5.74) is 0.772. The minimum atomic E-state index is -0.454. The second-order valence-electron chi connectivity index (χ2n) is 4.57. The number of nitrogens with zero attached hydrogens (tertiary/aromatic N) is 2. The van der Waals surface area contributed by atoms with Gasteiger partial charge >= 0.3 is 0 Å². The molecule has 0 N–H and O–H groups in total. The molecule has 1 aromatic carbocycles. The molecule has 1 aromatic rings. The lowest BCUT2D eigenvalue weighted by atomic mass is 10.1. The van der Waals surface area contributed by atoms with Crippen molar-refractivity contribution in [1.82, 2.24) is 0 Å². The maximum absolute atomic E-state index is 11.2. The van der Waals surface area contributed by atoms with E-state index in [0.717, 1.165) is 6.42 Å². The third-order valence-corrected chi connectivity index (χ3v) is 3.30. The summed E-state index contributed by atoms with van der Waals surface area (Å²) in [5.74, 6) is 0. The van der Waals surface area contributed by atoms with E-state index in [9.17, 15) is 14.9 Å². The van der Waals surface area contributed by atoms with Crippen LogP contribution in [0.1, 0.15) is 30.6 Å². The predicted octanol–water partition coefficient (Wildman–Crippen LogP) is 2.66. The highest BCUT2D eigenvalue weighted by Crippen LogP contribution is 2.30. The Kier molecular flexibility index (Phi) is 6.11. The van der Waals surface area contributed by atoms with Crippen LogP contribution >= 0.6 is 0 Å². The van der Waals surface area contributed by atoms with Gasteiger partial charge in [0.15, 0.2) is 0 Å². The van der Waals surface area contributed by atoms with E-state index in [1.165, 1.54) is 6.07 Å². The normalized spacial score (nSPS) is 11.9. The number of ether oxygens (including phenoxy) is 1. The molecular formula is C14H20N2O4. The minimum Gasteiger partial charge on any atom is -0.383 e. The minimum absolute atomic E-state index is 0.0500. The number of carbonyl (C=O) groups excluding carboxylic acids is 1. The van der Waals surface area contributed by atoms with Crippen LogP contribution in [0.25, 0.3) is 0 Å². The molecule has 0 aliphatic heterocycles. The third-order valence-electron chi connectivity index (χ3n) is 3.30. The van der Waals surface area contributed by atoms with Crippen LogP contribution in [0.15, 0.2) is 18.2 Å². The van der Waals surface area contributed by atoms with Gasteiger partial charge in [-0.2, -0.15) is 0 Å². The molecule has 0 saturated heterocycles. The Morgan fingerprint density at radius 2 is 2.20 bits per heavy atom. The fourth-order valence-electron chi connectivity index (χ4n) is 1.99. The molecule has 0 aliphatic rings. The Labute approximate surface area is 118 Å². The number of carbonyl (C=O) groups is 1. The molecule has 0 aliphatic carbocycles. The van der Waals surface area contributed by atoms with Crippen molar-refractivity contribution < 1.29 is 14.5 Å². The molecule has 0 aromatic heterocycles. The summed E-state index contributed by atoms with van der Waals surface area (Å²) in [6.07, 6.45) is 1.47. The van der Waals surface area contributed by atoms with E-state index in [2.05, 4.69) is 0 Å². The smallest absolute Gasteiger partial charge is 0.293 e. The number of anilines is 1. The highest BCUT2D eigenvalue weighted by Gasteiger charge is 2.22. The van der Waals surface area contributed by atoms with Gasteiger partial charge in [-0.25, -0.2) is 0 Å². The molecule has 1 atom stereocenters. The van der Waals surface area contributed by atoms with Gasteiger partial charge in [-0.3, -0.25) is 14.9 Å². The molecule has 0 amide bonds. The Hall–Kier alpha value is -1.95. The molecule has 20 heavy (non-hydrogen) atoms. The lowest BCUT2D eigenvalue weighted by molar-refractivity contribution is -0.384. The lowest BCUT2D eigenvalue weighted by Crippen LogP contribution is -2.35. The van der Waals surface area contributed by atoms with Crippen molar-refractivity contribution in [3.8, 4) is 0 Å². The second kappa shape index (κ2) is 7.59. The average Bonchev–Trinajstić information content (AvgIpc) is 2.47. The summed E-state index contributed by atoms with van der Waals surface area (Å²) in [6, 6.07) is 4.68. The molecule has 1 rings (SSSR count). The quantitative estimate of drug-likeness (QED) is 0.416. The summed E-state index contributed by atoms with van der Waals surface area (Å²) in [4.78, 5) is 23.5. The number of hydrogen-bond acceptors (Lipinski definition) is 5. The number of aldehydes is 1. The first kappa shape index (κ1) is 16.1. The van der Waals surface area contributed by atoms with Crippen LogP contribution in [-0.2, 0) is 4.74 Å². The van der Waals surface area contributed by atoms with Crippen LogP contribution in [0.5, 0.6) is 0 Å². The van der Waals surface area contributed by atoms with Crippen LogP contribution in [0.2, 0.25) is 0 Å². The highest BCUT2D eigenvalue weighted by atomic mass is 16.6. The summed E-state index contributed by atoms with van der Waals surface area (Å²) in [7, 11) is 1.60. The molecule has 1 unspecified atom stereocenters. The van der Waals surface area contributed by atoms with Gasteiger partial charge in [-0.15, -0.1) is 0 Å². The largest absolute Gasteiger partial charge is 0.383 e. The maximum Gasteiger partial charge on any atom is 0.293 e. The van der Waals surface area contributed by atoms with Crippen LogP contribution in [0.4, 0.5) is 11.4 Å². The number of benzene rings is 1. The number of nitro benzene ring substituents is 1. The van der Waals surface area contributed by atoms with Gasteiger partial charge in [-0.1, -0.05) is 6.92 Å². The van der Waals surface area contributed by atoms with Crippen LogP contribution in [0.3, 0.4) is 0 Å². The van der Waals surface area contributed by atoms with Crippen molar-refractivity contribution in [3.63, 3.8) is 0 Å². The summed E-state index contributed by atoms with van der Waals surface area (Å²) >= 11 is 0. The Bertz CT molecular complexity index is 476. The molecule has 6 nitrogen and oxygen atoms in total. The van der Waals surface area contributed by atoms with E-state index in [1.807, 2.05) is 18.7 Å². The van der Waals surface area contributed by atoms with E-state index in [4.69, 9.17) is 4.74 Å². The monoisotopic (exact) mass is 280 g/mol. The maximum atomic E-state index is 11.2. The van der Waals surface area contributed by atoms with Gasteiger partial charge in [0.2, 0.25) is 0 Å². The second-order valence-corrected chi connectivity index (χ2v) is 4.57. The van der Waals surface area contributed by atoms with E-state index < -0.39 is 4.92 Å². The van der Waals surface area contributed by atoms with Gasteiger partial charge in [0, 0.05) is 31.3 Å². The summed E-state index contributed by atoms with van der Waals surface area (Å²) in [6.45, 7) is 5.08. The van der Waals surface area contributed by atoms with Gasteiger partial charge in [-0.05, 0) is 25.5 Å². The highest BCUT2D eigenvalue weighted by molar-refractivity contribution is 5.79. The van der Waals surface area contributed by atoms with Crippen molar-refractivity contribution in [2.45, 2.75) is 26.3 Å². The first-order valence-corrected chi connectivity index (χ1v) is 6.54. The molecule has 6 heteroatoms. The molecular weight excluding hydrogens is 260 g/mol. The molecule has 0 spiro atoms. The molecule has 110 valence electrons. The van der Waals surface area contributed by atoms with Gasteiger partial charge in [0.25, 0.3) is 5.69 Å². The van der Waals surface area contributed by atoms with Crippen molar-refractivity contribution in [2.24, 2.45) is 0 Å². The SMILES string of the molecule is CCC(C)N(CCOC)c1ccc(C=O)cc1[N+](=O)[O-]. The standard InChI is InChI=1S/C14H20N2O4/c1-4-11(2)15(7-8-20-3)13-6-5-12(10-17)9-14(13)16(18)19/h5-6,9-11H,4,7-8H2,1-3H3. The van der Waals surface area contributed by atoms with Crippen molar-refractivity contribution in [3.05, 3.63) is 33.9 Å². The Morgan fingerprint density at radius 1 is 1.50 bits per heavy atom. The summed E-state index contributed by atoms with van der Waals surface area (Å²) in [5, 5.41) is 11.2. The molecule has 0 bridgehead atoms. The summed E-state index contributed by atoms with van der Waals surface area (Å²) < 4.78 is 5.07. The molecule has 0 fully saturated rings. The zero-order valence-corrected chi connectivity index (χ0v) is 12.0. The van der Waals surface area contributed by atoms with Gasteiger partial charge in [0.05, 0.1) is 11.5 Å². The topological polar surface area (TPSA) is 72.7 Å². The van der Waals surface area contributed by atoms with Crippen molar-refractivity contribution in [1.29, 1.82) is 0 Å². The van der Waals surface area contributed by atoms with Crippen molar-refractivity contribution >= 4 is 17.7 Å². The first-order valence-electron chi connectivity index (χ1n) is 6.54. The van der Waals surface area contributed by atoms with Gasteiger partial charge in [0.1, 0.15) is 12.0 Å². The van der Waals surface area contributed by atoms with E-state index in [1.54, 1.807) is 19.2 Å². The number of hydrogen-bond donors (Lipinski definition) is 0. The Morgan fingerprint density at radius 3 is 2.70 bits per heavy atom. The van der Waals surface area contributed by atoms with Crippen LogP contribution in [0, 0.1) is 10.1 Å². The van der Waals surface area contributed by atoms with Gasteiger partial charge < -0.3 is 9.64 Å². The number of rotatable bonds is 8. The number of methoxy groups -OCH3 is 1. The van der Waals surface area contributed by atoms with E-state index >= 15 is 0 Å². The molecule has 0 saturated carbocycles.